The summed E-state index contributed by atoms with van der Waals surface area (Å²) < 4.78 is 7.07. The van der Waals surface area contributed by atoms with Crippen LogP contribution in [0.15, 0.2) is 79.9 Å². The molecule has 0 aliphatic carbocycles. The number of ether oxygens (including phenoxy) is 1. The zero-order valence-corrected chi connectivity index (χ0v) is 29.0. The van der Waals surface area contributed by atoms with Gasteiger partial charge in [-0.05, 0) is 69.4 Å². The molecule has 6 atom stereocenters. The average molecular weight is 657 g/mol. The fraction of sp³-hybridized carbons (Fsp3) is 0.513. The van der Waals surface area contributed by atoms with Crippen molar-refractivity contribution in [3.8, 4) is 0 Å². The second kappa shape index (κ2) is 14.7. The summed E-state index contributed by atoms with van der Waals surface area (Å²) in [6.45, 7) is 18.5. The summed E-state index contributed by atoms with van der Waals surface area (Å²) in [7, 11) is 0. The van der Waals surface area contributed by atoms with Crippen molar-refractivity contribution >= 4 is 29.1 Å². The monoisotopic (exact) mass is 656 g/mol. The van der Waals surface area contributed by atoms with Crippen molar-refractivity contribution in [1.29, 1.82) is 0 Å². The molecule has 2 aromatic carbocycles. The lowest BCUT2D eigenvalue weighted by molar-refractivity contribution is -0.153. The van der Waals surface area contributed by atoms with Crippen LogP contribution in [0.5, 0.6) is 0 Å². The maximum atomic E-state index is 15.2. The predicted molar refractivity (Wildman–Crippen MR) is 190 cm³/mol. The largest absolute Gasteiger partial charge is 0.394 e. The van der Waals surface area contributed by atoms with Crippen LogP contribution in [0, 0.1) is 11.8 Å². The van der Waals surface area contributed by atoms with E-state index in [0.717, 1.165) is 25.2 Å². The Morgan fingerprint density at radius 2 is 1.60 bits per heavy atom. The lowest BCUT2D eigenvalue weighted by atomic mass is 9.64. The minimum absolute atomic E-state index is 0.137. The van der Waals surface area contributed by atoms with Crippen molar-refractivity contribution < 1.29 is 24.2 Å². The van der Waals surface area contributed by atoms with Crippen molar-refractivity contribution in [3.63, 3.8) is 0 Å². The highest BCUT2D eigenvalue weighted by molar-refractivity contribution is 6.05. The number of amides is 3. The van der Waals surface area contributed by atoms with E-state index in [2.05, 4.69) is 31.9 Å². The van der Waals surface area contributed by atoms with Crippen LogP contribution >= 0.6 is 0 Å². The topological polar surface area (TPSA) is 93.6 Å². The number of benzene rings is 2. The molecule has 48 heavy (non-hydrogen) atoms. The molecule has 3 saturated heterocycles. The van der Waals surface area contributed by atoms with Crippen LogP contribution in [0.1, 0.15) is 65.0 Å². The highest BCUT2D eigenvalue weighted by atomic mass is 16.5. The number of rotatable bonds is 16. The number of hydrogen-bond acceptors (Lipinski definition) is 6. The highest BCUT2D eigenvalue weighted by Crippen LogP contribution is 2.65. The van der Waals surface area contributed by atoms with Crippen molar-refractivity contribution in [2.75, 3.05) is 49.1 Å². The van der Waals surface area contributed by atoms with Gasteiger partial charge in [-0.15, -0.1) is 13.2 Å². The van der Waals surface area contributed by atoms with E-state index in [0.29, 0.717) is 43.6 Å². The summed E-state index contributed by atoms with van der Waals surface area (Å²) in [4.78, 5) is 52.0. The zero-order valence-electron chi connectivity index (χ0n) is 29.0. The molecular formula is C39H52N4O5. The molecule has 3 aliphatic heterocycles. The lowest BCUT2D eigenvalue weighted by Crippen LogP contribution is -2.57. The van der Waals surface area contributed by atoms with Crippen molar-refractivity contribution in [2.24, 2.45) is 11.8 Å². The quantitative estimate of drug-likeness (QED) is 0.245. The molecule has 3 heterocycles. The molecule has 5 rings (SSSR count). The standard InChI is InChI=1S/C39H52N4O5/c1-7-24-41(25-8-2)35(45)32-33-36(46)43(31(27-44)28-16-14-13-15-17-28)34(39(33)23-22-38(32,10-4)48-39)37(47)42(26-9-3)30-20-18-29(19-21-30)40(11-5)12-6/h7,9,13-21,31-34,44H,1,3,8,10-12,22-27H2,2,4-6H3/t31-,32-,33+,34?,38+,39?/m1/s1. The molecule has 3 fully saturated rings. The van der Waals surface area contributed by atoms with E-state index in [1.807, 2.05) is 68.4 Å². The van der Waals surface area contributed by atoms with E-state index in [4.69, 9.17) is 4.74 Å². The third-order valence-corrected chi connectivity index (χ3v) is 10.8. The molecule has 1 spiro atoms. The van der Waals surface area contributed by atoms with Crippen LogP contribution in [0.2, 0.25) is 0 Å². The van der Waals surface area contributed by atoms with Gasteiger partial charge in [0.15, 0.2) is 0 Å². The minimum Gasteiger partial charge on any atom is -0.394 e. The minimum atomic E-state index is -1.24. The molecule has 0 aromatic heterocycles. The second-order valence-electron chi connectivity index (χ2n) is 13.2. The summed E-state index contributed by atoms with van der Waals surface area (Å²) in [5.74, 6) is -2.40. The van der Waals surface area contributed by atoms with Gasteiger partial charge in [0.1, 0.15) is 11.6 Å². The van der Waals surface area contributed by atoms with Crippen LogP contribution in [0.3, 0.4) is 0 Å². The molecule has 3 amide bonds. The molecule has 9 nitrogen and oxygen atoms in total. The van der Waals surface area contributed by atoms with Gasteiger partial charge in [-0.25, -0.2) is 0 Å². The zero-order chi connectivity index (χ0) is 34.6. The van der Waals surface area contributed by atoms with Crippen LogP contribution in [0.25, 0.3) is 0 Å². The Hall–Kier alpha value is -3.95. The Balaban J connectivity index is 1.65. The molecular weight excluding hydrogens is 604 g/mol. The first-order valence-electron chi connectivity index (χ1n) is 17.6. The summed E-state index contributed by atoms with van der Waals surface area (Å²) in [5.41, 5.74) is 0.331. The fourth-order valence-corrected chi connectivity index (χ4v) is 8.62. The molecule has 9 heteroatoms. The van der Waals surface area contributed by atoms with E-state index < -0.39 is 41.7 Å². The number of carbonyl (C=O) groups is 3. The van der Waals surface area contributed by atoms with Crippen LogP contribution < -0.4 is 9.80 Å². The number of anilines is 2. The summed E-state index contributed by atoms with van der Waals surface area (Å²) in [6, 6.07) is 15.3. The Labute approximate surface area is 285 Å². The van der Waals surface area contributed by atoms with Gasteiger partial charge in [-0.3, -0.25) is 14.4 Å². The molecule has 1 N–H and O–H groups in total. The van der Waals surface area contributed by atoms with Crippen molar-refractivity contribution in [2.45, 2.75) is 76.7 Å². The third kappa shape index (κ3) is 5.75. The van der Waals surface area contributed by atoms with Gasteiger partial charge in [0, 0.05) is 44.1 Å². The SMILES string of the molecule is C=CCN(CCC)C(=O)[C@H]1[C@H]2C(=O)N([C@H](CO)c3ccccc3)C(C(=O)N(CC=C)c3ccc(N(CC)CC)cc3)C23CC[C@]1(CC)O3. The van der Waals surface area contributed by atoms with E-state index in [1.54, 1.807) is 26.9 Å². The van der Waals surface area contributed by atoms with Gasteiger partial charge in [-0.1, -0.05) is 56.3 Å². The number of aliphatic hydroxyl groups excluding tert-OH is 1. The normalized spacial score (nSPS) is 26.2. The Bertz CT molecular complexity index is 1480. The number of likely N-dealkylation sites (tertiary alicyclic amines) is 1. The van der Waals surface area contributed by atoms with Gasteiger partial charge in [0.05, 0.1) is 30.1 Å². The first kappa shape index (κ1) is 35.4. The van der Waals surface area contributed by atoms with E-state index in [-0.39, 0.29) is 24.3 Å². The highest BCUT2D eigenvalue weighted by Gasteiger charge is 2.79. The summed E-state index contributed by atoms with van der Waals surface area (Å²) in [5, 5.41) is 10.9. The number of nitrogens with zero attached hydrogens (tertiary/aromatic N) is 4. The first-order chi connectivity index (χ1) is 23.2. The Morgan fingerprint density at radius 3 is 2.17 bits per heavy atom. The Morgan fingerprint density at radius 1 is 0.958 bits per heavy atom. The summed E-state index contributed by atoms with van der Waals surface area (Å²) >= 11 is 0. The van der Waals surface area contributed by atoms with Gasteiger partial charge in [0.25, 0.3) is 5.91 Å². The smallest absolute Gasteiger partial charge is 0.253 e. The molecule has 2 aromatic rings. The number of fused-ring (bicyclic) bond motifs is 1. The predicted octanol–water partition coefficient (Wildman–Crippen LogP) is 5.36. The van der Waals surface area contributed by atoms with Crippen LogP contribution in [0.4, 0.5) is 11.4 Å². The van der Waals surface area contributed by atoms with Crippen LogP contribution in [-0.4, -0.2) is 89.2 Å². The van der Waals surface area contributed by atoms with Gasteiger partial charge in [-0.2, -0.15) is 0 Å². The van der Waals surface area contributed by atoms with Gasteiger partial charge in [0.2, 0.25) is 11.8 Å². The maximum absolute atomic E-state index is 15.2. The maximum Gasteiger partial charge on any atom is 0.253 e. The van der Waals surface area contributed by atoms with Gasteiger partial charge >= 0.3 is 0 Å². The van der Waals surface area contributed by atoms with Crippen molar-refractivity contribution in [1.82, 2.24) is 9.80 Å². The fourth-order valence-electron chi connectivity index (χ4n) is 8.62. The average Bonchev–Trinajstić information content (AvgIpc) is 3.72. The van der Waals surface area contributed by atoms with Crippen molar-refractivity contribution in [3.05, 3.63) is 85.5 Å². The number of hydrogen-bond donors (Lipinski definition) is 1. The molecule has 2 unspecified atom stereocenters. The molecule has 2 bridgehead atoms. The number of aliphatic hydroxyl groups is 1. The molecule has 3 aliphatic rings. The first-order valence-corrected chi connectivity index (χ1v) is 17.6. The lowest BCUT2D eigenvalue weighted by Gasteiger charge is -2.40. The van der Waals surface area contributed by atoms with E-state index >= 15 is 9.59 Å². The van der Waals surface area contributed by atoms with E-state index in [1.165, 1.54) is 0 Å². The van der Waals surface area contributed by atoms with Crippen LogP contribution in [-0.2, 0) is 19.1 Å². The number of carbonyl (C=O) groups excluding carboxylic acids is 3. The third-order valence-electron chi connectivity index (χ3n) is 10.8. The van der Waals surface area contributed by atoms with E-state index in [9.17, 15) is 9.90 Å². The van der Waals surface area contributed by atoms with Gasteiger partial charge < -0.3 is 29.4 Å². The molecule has 0 radical (unpaired) electrons. The Kier molecular flexibility index (Phi) is 10.8. The second-order valence-corrected chi connectivity index (χ2v) is 13.2. The summed E-state index contributed by atoms with van der Waals surface area (Å²) in [6.07, 6.45) is 5.70. The molecule has 258 valence electrons. The molecule has 0 saturated carbocycles.